The lowest BCUT2D eigenvalue weighted by Crippen LogP contribution is -2.36. The summed E-state index contributed by atoms with van der Waals surface area (Å²) in [6, 6.07) is 2.34. The van der Waals surface area contributed by atoms with Gasteiger partial charge in [0.2, 0.25) is 0 Å². The summed E-state index contributed by atoms with van der Waals surface area (Å²) in [7, 11) is 2.11. The van der Waals surface area contributed by atoms with Gasteiger partial charge in [-0.3, -0.25) is 0 Å². The molecule has 1 unspecified atom stereocenters. The van der Waals surface area contributed by atoms with Crippen molar-refractivity contribution in [3.63, 3.8) is 0 Å². The Kier molecular flexibility index (Phi) is 5.15. The van der Waals surface area contributed by atoms with Crippen LogP contribution in [0.25, 0.3) is 0 Å². The Bertz CT molecular complexity index is 288. The minimum Gasteiger partial charge on any atom is -0.453 e. The lowest BCUT2D eigenvalue weighted by molar-refractivity contribution is 0.309. The summed E-state index contributed by atoms with van der Waals surface area (Å²) in [6.45, 7) is 7.18. The van der Waals surface area contributed by atoms with Crippen LogP contribution >= 0.6 is 11.6 Å². The zero-order valence-electron chi connectivity index (χ0n) is 9.59. The van der Waals surface area contributed by atoms with E-state index >= 15 is 0 Å². The van der Waals surface area contributed by atoms with Crippen molar-refractivity contribution >= 4 is 11.6 Å². The molecule has 0 aromatic carbocycles. The molecule has 0 aliphatic carbocycles. The van der Waals surface area contributed by atoms with Crippen LogP contribution < -0.4 is 5.32 Å². The molecule has 3 nitrogen and oxygen atoms in total. The molecule has 1 heterocycles. The van der Waals surface area contributed by atoms with Gasteiger partial charge in [0, 0.05) is 24.7 Å². The van der Waals surface area contributed by atoms with Crippen molar-refractivity contribution < 1.29 is 4.42 Å². The van der Waals surface area contributed by atoms with Gasteiger partial charge in [-0.15, -0.1) is 0 Å². The van der Waals surface area contributed by atoms with Gasteiger partial charge < -0.3 is 14.6 Å². The number of likely N-dealkylation sites (N-methyl/N-ethyl adjacent to an activating group) is 1. The minimum atomic E-state index is 0.445. The third-order valence-corrected chi connectivity index (χ3v) is 2.79. The summed E-state index contributed by atoms with van der Waals surface area (Å²) in [5.74, 6) is 0. The molecule has 0 aliphatic heterocycles. The summed E-state index contributed by atoms with van der Waals surface area (Å²) in [6.07, 6.45) is 1.61. The zero-order valence-corrected chi connectivity index (χ0v) is 10.3. The Labute approximate surface area is 96.4 Å². The first-order valence-corrected chi connectivity index (χ1v) is 5.65. The van der Waals surface area contributed by atoms with Gasteiger partial charge in [-0.25, -0.2) is 0 Å². The van der Waals surface area contributed by atoms with Crippen LogP contribution in [0.4, 0.5) is 0 Å². The largest absolute Gasteiger partial charge is 0.453 e. The molecule has 86 valence electrons. The Balaban J connectivity index is 2.28. The van der Waals surface area contributed by atoms with E-state index in [1.165, 1.54) is 0 Å². The molecule has 15 heavy (non-hydrogen) atoms. The summed E-state index contributed by atoms with van der Waals surface area (Å²) in [4.78, 5) is 2.27. The fourth-order valence-corrected chi connectivity index (χ4v) is 1.57. The van der Waals surface area contributed by atoms with E-state index in [-0.39, 0.29) is 0 Å². The standard InChI is InChI=1S/C11H19ClN2O/c1-4-14(3)8-9(2)13-7-10-5-6-15-11(10)12/h5-6,9,13H,4,7-8H2,1-3H3. The predicted molar refractivity (Wildman–Crippen MR) is 63.2 cm³/mol. The van der Waals surface area contributed by atoms with Gasteiger partial charge in [0.05, 0.1) is 6.26 Å². The minimum absolute atomic E-state index is 0.445. The second-order valence-electron chi connectivity index (χ2n) is 3.86. The van der Waals surface area contributed by atoms with E-state index in [2.05, 4.69) is 31.1 Å². The van der Waals surface area contributed by atoms with Crippen molar-refractivity contribution in [1.82, 2.24) is 10.2 Å². The van der Waals surface area contributed by atoms with Crippen molar-refractivity contribution in [2.24, 2.45) is 0 Å². The van der Waals surface area contributed by atoms with Crippen LogP contribution in [0.1, 0.15) is 19.4 Å². The molecular formula is C11H19ClN2O. The van der Waals surface area contributed by atoms with Gasteiger partial charge in [0.25, 0.3) is 0 Å². The monoisotopic (exact) mass is 230 g/mol. The Morgan fingerprint density at radius 1 is 1.60 bits per heavy atom. The maximum atomic E-state index is 5.84. The highest BCUT2D eigenvalue weighted by Gasteiger charge is 2.07. The summed E-state index contributed by atoms with van der Waals surface area (Å²) in [5, 5.41) is 3.89. The zero-order chi connectivity index (χ0) is 11.3. The lowest BCUT2D eigenvalue weighted by Gasteiger charge is -2.20. The predicted octanol–water partition coefficient (Wildman–Crippen LogP) is 2.36. The number of halogens is 1. The fraction of sp³-hybridized carbons (Fsp3) is 0.636. The van der Waals surface area contributed by atoms with Crippen LogP contribution in [-0.2, 0) is 6.54 Å². The van der Waals surface area contributed by atoms with E-state index in [1.54, 1.807) is 6.26 Å². The molecule has 4 heteroatoms. The molecule has 0 amide bonds. The molecule has 1 aromatic rings. The van der Waals surface area contributed by atoms with Crippen LogP contribution in [0, 0.1) is 0 Å². The maximum Gasteiger partial charge on any atom is 0.197 e. The summed E-state index contributed by atoms with van der Waals surface area (Å²) in [5.41, 5.74) is 1.02. The highest BCUT2D eigenvalue weighted by molar-refractivity contribution is 6.29. The number of nitrogens with zero attached hydrogens (tertiary/aromatic N) is 1. The number of hydrogen-bond donors (Lipinski definition) is 1. The maximum absolute atomic E-state index is 5.84. The van der Waals surface area contributed by atoms with Gasteiger partial charge in [-0.05, 0) is 38.2 Å². The van der Waals surface area contributed by atoms with Gasteiger partial charge in [-0.1, -0.05) is 6.92 Å². The third-order valence-electron chi connectivity index (χ3n) is 2.46. The number of nitrogens with one attached hydrogen (secondary N) is 1. The van der Waals surface area contributed by atoms with E-state index in [1.807, 2.05) is 6.07 Å². The first kappa shape index (κ1) is 12.6. The van der Waals surface area contributed by atoms with Crippen molar-refractivity contribution in [3.05, 3.63) is 23.1 Å². The Morgan fingerprint density at radius 3 is 2.87 bits per heavy atom. The highest BCUT2D eigenvalue weighted by atomic mass is 35.5. The highest BCUT2D eigenvalue weighted by Crippen LogP contribution is 2.16. The average molecular weight is 231 g/mol. The molecule has 1 rings (SSSR count). The van der Waals surface area contributed by atoms with Gasteiger partial charge >= 0.3 is 0 Å². The molecule has 0 saturated heterocycles. The van der Waals surface area contributed by atoms with Crippen molar-refractivity contribution in [2.75, 3.05) is 20.1 Å². The molecular weight excluding hydrogens is 212 g/mol. The second-order valence-corrected chi connectivity index (χ2v) is 4.20. The quantitative estimate of drug-likeness (QED) is 0.814. The number of hydrogen-bond acceptors (Lipinski definition) is 3. The summed E-state index contributed by atoms with van der Waals surface area (Å²) >= 11 is 5.84. The van der Waals surface area contributed by atoms with E-state index in [0.29, 0.717) is 11.3 Å². The van der Waals surface area contributed by atoms with E-state index in [0.717, 1.165) is 25.2 Å². The fourth-order valence-electron chi connectivity index (χ4n) is 1.39. The first-order valence-electron chi connectivity index (χ1n) is 5.27. The van der Waals surface area contributed by atoms with Crippen molar-refractivity contribution in [2.45, 2.75) is 26.4 Å². The summed E-state index contributed by atoms with van der Waals surface area (Å²) < 4.78 is 5.01. The normalized spacial score (nSPS) is 13.4. The van der Waals surface area contributed by atoms with Gasteiger partial charge in [0.1, 0.15) is 0 Å². The van der Waals surface area contributed by atoms with Crippen LogP contribution in [-0.4, -0.2) is 31.1 Å². The van der Waals surface area contributed by atoms with Crippen LogP contribution in [0.3, 0.4) is 0 Å². The molecule has 0 radical (unpaired) electrons. The molecule has 1 atom stereocenters. The topological polar surface area (TPSA) is 28.4 Å². The molecule has 0 aliphatic rings. The molecule has 0 bridgehead atoms. The molecule has 1 N–H and O–H groups in total. The Hall–Kier alpha value is -0.510. The van der Waals surface area contributed by atoms with E-state index < -0.39 is 0 Å². The van der Waals surface area contributed by atoms with Crippen molar-refractivity contribution in [3.8, 4) is 0 Å². The molecule has 0 fully saturated rings. The third kappa shape index (κ3) is 4.24. The van der Waals surface area contributed by atoms with Gasteiger partial charge in [-0.2, -0.15) is 0 Å². The first-order chi connectivity index (χ1) is 7.13. The van der Waals surface area contributed by atoms with E-state index in [9.17, 15) is 0 Å². The van der Waals surface area contributed by atoms with Crippen LogP contribution in [0.2, 0.25) is 5.22 Å². The smallest absolute Gasteiger partial charge is 0.197 e. The second kappa shape index (κ2) is 6.16. The SMILES string of the molecule is CCN(C)CC(C)NCc1ccoc1Cl. The molecule has 1 aromatic heterocycles. The van der Waals surface area contributed by atoms with Crippen LogP contribution in [0.15, 0.2) is 16.7 Å². The van der Waals surface area contributed by atoms with Gasteiger partial charge in [0.15, 0.2) is 5.22 Å². The van der Waals surface area contributed by atoms with Crippen molar-refractivity contribution in [1.29, 1.82) is 0 Å². The number of rotatable bonds is 6. The number of furan rings is 1. The molecule has 0 saturated carbocycles. The average Bonchev–Trinajstić information content (AvgIpc) is 2.61. The van der Waals surface area contributed by atoms with E-state index in [4.69, 9.17) is 16.0 Å². The lowest BCUT2D eigenvalue weighted by atomic mass is 10.2. The Morgan fingerprint density at radius 2 is 2.33 bits per heavy atom. The van der Waals surface area contributed by atoms with Crippen LogP contribution in [0.5, 0.6) is 0 Å². The molecule has 0 spiro atoms.